The summed E-state index contributed by atoms with van der Waals surface area (Å²) in [5.41, 5.74) is 3.26. The molecule has 60 valence electrons. The van der Waals surface area contributed by atoms with E-state index in [1.54, 1.807) is 0 Å². The number of rotatable bonds is 2. The number of allylic oxidation sites excluding steroid dienone is 2. The molecule has 2 rings (SSSR count). The fourth-order valence-corrected chi connectivity index (χ4v) is 1.31. The van der Waals surface area contributed by atoms with Crippen LogP contribution >= 0.6 is 0 Å². The molecule has 1 fully saturated rings. The summed E-state index contributed by atoms with van der Waals surface area (Å²) in [5, 5.41) is 0. The lowest BCUT2D eigenvalue weighted by atomic mass is 10.1. The van der Waals surface area contributed by atoms with Crippen LogP contribution in [-0.4, -0.2) is 6.29 Å². The minimum absolute atomic E-state index is 0.899. The van der Waals surface area contributed by atoms with Gasteiger partial charge in [-0.3, -0.25) is 4.79 Å². The van der Waals surface area contributed by atoms with Crippen molar-refractivity contribution >= 4 is 11.9 Å². The second-order valence-electron chi connectivity index (χ2n) is 3.00. The van der Waals surface area contributed by atoms with Crippen LogP contribution in [0.15, 0.2) is 35.9 Å². The quantitative estimate of drug-likeness (QED) is 0.477. The number of benzene rings is 1. The predicted molar refractivity (Wildman–Crippen MR) is 48.7 cm³/mol. The fourth-order valence-electron chi connectivity index (χ4n) is 1.31. The molecular weight excluding hydrogens is 148 g/mol. The van der Waals surface area contributed by atoms with E-state index in [1.165, 1.54) is 5.57 Å². The van der Waals surface area contributed by atoms with Crippen LogP contribution in [0.1, 0.15) is 18.4 Å². The first-order valence-corrected chi connectivity index (χ1v) is 4.14. The highest BCUT2D eigenvalue weighted by molar-refractivity contribution is 6.09. The van der Waals surface area contributed by atoms with Crippen molar-refractivity contribution in [3.05, 3.63) is 41.5 Å². The standard InChI is InChI=1S/C11H10O/c12-8-11(10-6-7-10)9-4-2-1-3-5-9/h1-5,8H,6-7H2. The second kappa shape index (κ2) is 2.94. The van der Waals surface area contributed by atoms with Crippen LogP contribution < -0.4 is 0 Å². The molecular formula is C11H10O. The average Bonchev–Trinajstić information content (AvgIpc) is 2.92. The lowest BCUT2D eigenvalue weighted by molar-refractivity contribution is -0.103. The average molecular weight is 158 g/mol. The molecule has 1 aromatic rings. The monoisotopic (exact) mass is 158 g/mol. The molecule has 1 heteroatoms. The van der Waals surface area contributed by atoms with Crippen LogP contribution in [0.4, 0.5) is 0 Å². The number of aldehydes is 1. The molecule has 0 heterocycles. The van der Waals surface area contributed by atoms with E-state index in [0.717, 1.165) is 30.3 Å². The SMILES string of the molecule is O=CC(=C1CC1)c1ccccc1. The summed E-state index contributed by atoms with van der Waals surface area (Å²) in [5.74, 6) is 0. The molecule has 12 heavy (non-hydrogen) atoms. The second-order valence-corrected chi connectivity index (χ2v) is 3.00. The van der Waals surface area contributed by atoms with Gasteiger partial charge in [0.25, 0.3) is 0 Å². The Morgan fingerprint density at radius 3 is 2.33 bits per heavy atom. The molecule has 0 amide bonds. The zero-order valence-electron chi connectivity index (χ0n) is 6.79. The van der Waals surface area contributed by atoms with Crippen LogP contribution in [-0.2, 0) is 4.79 Å². The highest BCUT2D eigenvalue weighted by Gasteiger charge is 2.17. The molecule has 1 saturated carbocycles. The van der Waals surface area contributed by atoms with Gasteiger partial charge in [-0.2, -0.15) is 0 Å². The van der Waals surface area contributed by atoms with E-state index in [1.807, 2.05) is 30.3 Å². The Hall–Kier alpha value is -1.37. The molecule has 0 spiro atoms. The van der Waals surface area contributed by atoms with Gasteiger partial charge in [0, 0.05) is 5.57 Å². The van der Waals surface area contributed by atoms with Crippen molar-refractivity contribution in [1.82, 2.24) is 0 Å². The van der Waals surface area contributed by atoms with Gasteiger partial charge in [-0.25, -0.2) is 0 Å². The summed E-state index contributed by atoms with van der Waals surface area (Å²) in [6.45, 7) is 0. The van der Waals surface area contributed by atoms with Gasteiger partial charge in [0.1, 0.15) is 0 Å². The lowest BCUT2D eigenvalue weighted by Gasteiger charge is -1.97. The number of carbonyl (C=O) groups excluding carboxylic acids is 1. The van der Waals surface area contributed by atoms with Crippen molar-refractivity contribution in [3.8, 4) is 0 Å². The Bertz CT molecular complexity index is 316. The maximum absolute atomic E-state index is 10.7. The molecule has 1 nitrogen and oxygen atoms in total. The molecule has 1 aliphatic rings. The van der Waals surface area contributed by atoms with E-state index < -0.39 is 0 Å². The maximum atomic E-state index is 10.7. The van der Waals surface area contributed by atoms with Crippen molar-refractivity contribution in [2.75, 3.05) is 0 Å². The van der Waals surface area contributed by atoms with Crippen molar-refractivity contribution in [2.24, 2.45) is 0 Å². The van der Waals surface area contributed by atoms with Crippen molar-refractivity contribution in [3.63, 3.8) is 0 Å². The fraction of sp³-hybridized carbons (Fsp3) is 0.182. The van der Waals surface area contributed by atoms with Crippen molar-refractivity contribution in [2.45, 2.75) is 12.8 Å². The van der Waals surface area contributed by atoms with E-state index in [9.17, 15) is 4.79 Å². The van der Waals surface area contributed by atoms with E-state index in [4.69, 9.17) is 0 Å². The van der Waals surface area contributed by atoms with Crippen molar-refractivity contribution < 1.29 is 4.79 Å². The van der Waals surface area contributed by atoms with Crippen LogP contribution in [0.2, 0.25) is 0 Å². The van der Waals surface area contributed by atoms with Crippen LogP contribution in [0.25, 0.3) is 5.57 Å². The van der Waals surface area contributed by atoms with Crippen LogP contribution in [0, 0.1) is 0 Å². The highest BCUT2D eigenvalue weighted by Crippen LogP contribution is 2.35. The first-order valence-electron chi connectivity index (χ1n) is 4.14. The van der Waals surface area contributed by atoms with Crippen LogP contribution in [0.3, 0.4) is 0 Å². The molecule has 0 N–H and O–H groups in total. The smallest absolute Gasteiger partial charge is 0.150 e. The van der Waals surface area contributed by atoms with Gasteiger partial charge in [0.15, 0.2) is 6.29 Å². The molecule has 0 atom stereocenters. The first-order chi connectivity index (χ1) is 5.92. The third-order valence-corrected chi connectivity index (χ3v) is 2.08. The first kappa shape index (κ1) is 7.29. The Balaban J connectivity index is 2.41. The Morgan fingerprint density at radius 2 is 1.83 bits per heavy atom. The highest BCUT2D eigenvalue weighted by atomic mass is 16.1. The Morgan fingerprint density at radius 1 is 1.17 bits per heavy atom. The van der Waals surface area contributed by atoms with Gasteiger partial charge in [0.2, 0.25) is 0 Å². The van der Waals surface area contributed by atoms with Gasteiger partial charge in [-0.1, -0.05) is 35.9 Å². The summed E-state index contributed by atoms with van der Waals surface area (Å²) in [6.07, 6.45) is 3.17. The third kappa shape index (κ3) is 1.30. The summed E-state index contributed by atoms with van der Waals surface area (Å²) < 4.78 is 0. The normalized spacial score (nSPS) is 14.2. The van der Waals surface area contributed by atoms with Gasteiger partial charge < -0.3 is 0 Å². The summed E-state index contributed by atoms with van der Waals surface area (Å²) >= 11 is 0. The minimum Gasteiger partial charge on any atom is -0.298 e. The molecule has 0 aliphatic heterocycles. The topological polar surface area (TPSA) is 17.1 Å². The largest absolute Gasteiger partial charge is 0.298 e. The molecule has 0 radical (unpaired) electrons. The van der Waals surface area contributed by atoms with E-state index in [0.29, 0.717) is 0 Å². The number of hydrogen-bond acceptors (Lipinski definition) is 1. The summed E-state index contributed by atoms with van der Waals surface area (Å²) in [4.78, 5) is 10.7. The van der Waals surface area contributed by atoms with E-state index >= 15 is 0 Å². The summed E-state index contributed by atoms with van der Waals surface area (Å²) in [7, 11) is 0. The van der Waals surface area contributed by atoms with Gasteiger partial charge in [0.05, 0.1) is 0 Å². The van der Waals surface area contributed by atoms with Gasteiger partial charge in [-0.05, 0) is 18.4 Å². The Labute approximate surface area is 71.7 Å². The molecule has 0 bridgehead atoms. The Kier molecular flexibility index (Phi) is 1.78. The van der Waals surface area contributed by atoms with E-state index in [2.05, 4.69) is 0 Å². The molecule has 0 unspecified atom stereocenters. The van der Waals surface area contributed by atoms with Crippen LogP contribution in [0.5, 0.6) is 0 Å². The molecule has 1 aromatic carbocycles. The zero-order valence-corrected chi connectivity index (χ0v) is 6.79. The molecule has 1 aliphatic carbocycles. The van der Waals surface area contributed by atoms with Gasteiger partial charge in [-0.15, -0.1) is 0 Å². The zero-order chi connectivity index (χ0) is 8.39. The molecule has 0 saturated heterocycles. The minimum atomic E-state index is 0.899. The molecule has 0 aromatic heterocycles. The maximum Gasteiger partial charge on any atom is 0.150 e. The lowest BCUT2D eigenvalue weighted by Crippen LogP contribution is -1.83. The van der Waals surface area contributed by atoms with Gasteiger partial charge >= 0.3 is 0 Å². The van der Waals surface area contributed by atoms with Crippen molar-refractivity contribution in [1.29, 1.82) is 0 Å². The predicted octanol–water partition coefficient (Wildman–Crippen LogP) is 2.43. The summed E-state index contributed by atoms with van der Waals surface area (Å²) in [6, 6.07) is 9.84. The number of hydrogen-bond donors (Lipinski definition) is 0. The van der Waals surface area contributed by atoms with E-state index in [-0.39, 0.29) is 0 Å². The number of carbonyl (C=O) groups is 1. The third-order valence-electron chi connectivity index (χ3n) is 2.08.